The van der Waals surface area contributed by atoms with Crippen LogP contribution in [-0.4, -0.2) is 45.4 Å². The van der Waals surface area contributed by atoms with E-state index in [1.54, 1.807) is 6.20 Å². The number of carbonyl (C=O) groups excluding carboxylic acids is 1. The zero-order chi connectivity index (χ0) is 24.1. The summed E-state index contributed by atoms with van der Waals surface area (Å²) in [5.74, 6) is 0.237. The summed E-state index contributed by atoms with van der Waals surface area (Å²) >= 11 is 6.55. The van der Waals surface area contributed by atoms with E-state index in [2.05, 4.69) is 34.0 Å². The molecule has 3 N–H and O–H groups in total. The number of carbonyl (C=O) groups is 1. The number of amides is 1. The average molecular weight is 475 g/mol. The second-order valence-electron chi connectivity index (χ2n) is 7.88. The molecule has 2 aromatic heterocycles. The quantitative estimate of drug-likeness (QED) is 0.361. The maximum atomic E-state index is 12.6. The zero-order valence-electron chi connectivity index (χ0n) is 19.3. The topological polar surface area (TPSA) is 97.0 Å². The van der Waals surface area contributed by atoms with Crippen molar-refractivity contribution < 1.29 is 4.79 Å². The lowest BCUT2D eigenvalue weighted by atomic mass is 10.0. The van der Waals surface area contributed by atoms with E-state index in [0.717, 1.165) is 29.6 Å². The number of rotatable bonds is 8. The number of nitrogens with zero attached hydrogens (tertiary/aromatic N) is 4. The molecule has 0 fully saturated rings. The molecule has 174 valence electrons. The second-order valence-corrected chi connectivity index (χ2v) is 8.29. The van der Waals surface area contributed by atoms with Gasteiger partial charge in [-0.3, -0.25) is 9.78 Å². The molecule has 0 unspecified atom stereocenters. The van der Waals surface area contributed by atoms with Gasteiger partial charge in [0.1, 0.15) is 0 Å². The lowest BCUT2D eigenvalue weighted by Gasteiger charge is -2.18. The van der Waals surface area contributed by atoms with Crippen LogP contribution in [0.1, 0.15) is 20.3 Å². The molecule has 0 bridgehead atoms. The Balaban J connectivity index is 1.77. The number of benzene rings is 2. The molecule has 0 saturated carbocycles. The van der Waals surface area contributed by atoms with Crippen molar-refractivity contribution in [2.24, 2.45) is 0 Å². The van der Waals surface area contributed by atoms with Gasteiger partial charge in [0.25, 0.3) is 0 Å². The molecule has 7 nitrogen and oxygen atoms in total. The number of fused-ring (bicyclic) bond motifs is 1. The molecule has 4 aromatic rings. The summed E-state index contributed by atoms with van der Waals surface area (Å²) in [6, 6.07) is 17.3. The number of hydrogen-bond acceptors (Lipinski definition) is 6. The van der Waals surface area contributed by atoms with Crippen LogP contribution in [0.4, 0.5) is 11.6 Å². The van der Waals surface area contributed by atoms with Gasteiger partial charge in [0.2, 0.25) is 5.91 Å². The Morgan fingerprint density at radius 3 is 2.47 bits per heavy atom. The fourth-order valence-corrected chi connectivity index (χ4v) is 4.09. The van der Waals surface area contributed by atoms with Crippen molar-refractivity contribution >= 4 is 40.0 Å². The highest BCUT2D eigenvalue weighted by Gasteiger charge is 2.18. The fourth-order valence-electron chi connectivity index (χ4n) is 3.82. The van der Waals surface area contributed by atoms with Crippen LogP contribution in [0.2, 0.25) is 5.02 Å². The molecule has 1 amide bonds. The number of hydrogen-bond donors (Lipinski definition) is 2. The predicted molar refractivity (Wildman–Crippen MR) is 139 cm³/mol. The SMILES string of the molecule is CCN(CC)CCC(=O)Nc1nc(-c2cc(Cl)c3ncccc3c2)c(-c2ccccc2)nc1N. The van der Waals surface area contributed by atoms with Gasteiger partial charge in [-0.1, -0.05) is 61.8 Å². The minimum atomic E-state index is -0.160. The van der Waals surface area contributed by atoms with Gasteiger partial charge in [-0.25, -0.2) is 9.97 Å². The molecule has 2 heterocycles. The van der Waals surface area contributed by atoms with Gasteiger partial charge >= 0.3 is 0 Å². The summed E-state index contributed by atoms with van der Waals surface area (Å²) in [6.45, 7) is 6.58. The normalized spacial score (nSPS) is 11.2. The second kappa shape index (κ2) is 10.6. The molecule has 0 saturated heterocycles. The number of nitrogens with one attached hydrogen (secondary N) is 1. The molecular weight excluding hydrogens is 448 g/mol. The average Bonchev–Trinajstić information content (AvgIpc) is 2.86. The van der Waals surface area contributed by atoms with Crippen LogP contribution < -0.4 is 11.1 Å². The molecule has 0 radical (unpaired) electrons. The summed E-state index contributed by atoms with van der Waals surface area (Å²) < 4.78 is 0. The number of nitrogen functional groups attached to an aromatic ring is 1. The first-order chi connectivity index (χ1) is 16.5. The summed E-state index contributed by atoms with van der Waals surface area (Å²) in [4.78, 5) is 28.6. The number of nitrogens with two attached hydrogens (primary N) is 1. The largest absolute Gasteiger partial charge is 0.381 e. The van der Waals surface area contributed by atoms with E-state index in [1.165, 1.54) is 0 Å². The molecule has 2 aromatic carbocycles. The van der Waals surface area contributed by atoms with Gasteiger partial charge in [-0.15, -0.1) is 0 Å². The Labute approximate surface area is 204 Å². The van der Waals surface area contributed by atoms with Crippen molar-refractivity contribution in [3.63, 3.8) is 0 Å². The van der Waals surface area contributed by atoms with E-state index >= 15 is 0 Å². The van der Waals surface area contributed by atoms with Gasteiger partial charge in [0.15, 0.2) is 11.6 Å². The molecular formula is C26H27ClN6O. The van der Waals surface area contributed by atoms with Crippen LogP contribution in [-0.2, 0) is 4.79 Å². The summed E-state index contributed by atoms with van der Waals surface area (Å²) in [7, 11) is 0. The Bertz CT molecular complexity index is 1310. The van der Waals surface area contributed by atoms with E-state index in [1.807, 2.05) is 54.6 Å². The van der Waals surface area contributed by atoms with Crippen LogP contribution in [0.5, 0.6) is 0 Å². The van der Waals surface area contributed by atoms with E-state index in [4.69, 9.17) is 22.3 Å². The summed E-state index contributed by atoms with van der Waals surface area (Å²) in [5, 5.41) is 4.24. The molecule has 0 atom stereocenters. The Hall–Kier alpha value is -3.55. The van der Waals surface area contributed by atoms with E-state index < -0.39 is 0 Å². The first-order valence-corrected chi connectivity index (χ1v) is 11.7. The highest BCUT2D eigenvalue weighted by atomic mass is 35.5. The molecule has 0 spiro atoms. The van der Waals surface area contributed by atoms with Crippen LogP contribution in [0, 0.1) is 0 Å². The fraction of sp³-hybridized carbons (Fsp3) is 0.231. The maximum Gasteiger partial charge on any atom is 0.226 e. The lowest BCUT2D eigenvalue weighted by molar-refractivity contribution is -0.116. The van der Waals surface area contributed by atoms with Gasteiger partial charge < -0.3 is 16.0 Å². The minimum Gasteiger partial charge on any atom is -0.381 e. The van der Waals surface area contributed by atoms with Crippen molar-refractivity contribution in [3.05, 3.63) is 65.8 Å². The van der Waals surface area contributed by atoms with E-state index in [-0.39, 0.29) is 17.5 Å². The van der Waals surface area contributed by atoms with Crippen LogP contribution in [0.25, 0.3) is 33.4 Å². The monoisotopic (exact) mass is 474 g/mol. The molecule has 0 aliphatic rings. The molecule has 0 aliphatic carbocycles. The smallest absolute Gasteiger partial charge is 0.226 e. The number of anilines is 2. The number of halogens is 1. The van der Waals surface area contributed by atoms with Crippen LogP contribution >= 0.6 is 11.6 Å². The minimum absolute atomic E-state index is 0.160. The Morgan fingerprint density at radius 2 is 1.74 bits per heavy atom. The van der Waals surface area contributed by atoms with Crippen molar-refractivity contribution in [1.29, 1.82) is 0 Å². The third-order valence-corrected chi connectivity index (χ3v) is 6.00. The van der Waals surface area contributed by atoms with Crippen molar-refractivity contribution in [2.75, 3.05) is 30.7 Å². The van der Waals surface area contributed by atoms with E-state index in [0.29, 0.717) is 34.9 Å². The molecule has 4 rings (SSSR count). The number of pyridine rings is 1. The molecule has 8 heteroatoms. The van der Waals surface area contributed by atoms with Crippen molar-refractivity contribution in [3.8, 4) is 22.5 Å². The third-order valence-electron chi connectivity index (χ3n) is 5.71. The molecule has 34 heavy (non-hydrogen) atoms. The molecule has 0 aliphatic heterocycles. The zero-order valence-corrected chi connectivity index (χ0v) is 20.0. The summed E-state index contributed by atoms with van der Waals surface area (Å²) in [6.07, 6.45) is 2.05. The van der Waals surface area contributed by atoms with Gasteiger partial charge in [0, 0.05) is 35.7 Å². The van der Waals surface area contributed by atoms with Gasteiger partial charge in [0.05, 0.1) is 21.9 Å². The van der Waals surface area contributed by atoms with Crippen molar-refractivity contribution in [1.82, 2.24) is 19.9 Å². The van der Waals surface area contributed by atoms with Crippen molar-refractivity contribution in [2.45, 2.75) is 20.3 Å². The lowest BCUT2D eigenvalue weighted by Crippen LogP contribution is -2.27. The first-order valence-electron chi connectivity index (χ1n) is 11.3. The maximum absolute atomic E-state index is 12.6. The van der Waals surface area contributed by atoms with Gasteiger partial charge in [-0.05, 0) is 31.3 Å². The highest BCUT2D eigenvalue weighted by Crippen LogP contribution is 2.35. The highest BCUT2D eigenvalue weighted by molar-refractivity contribution is 6.35. The Kier molecular flexibility index (Phi) is 7.35. The Morgan fingerprint density at radius 1 is 1.00 bits per heavy atom. The third kappa shape index (κ3) is 5.16. The van der Waals surface area contributed by atoms with E-state index in [9.17, 15) is 4.79 Å². The predicted octanol–water partition coefficient (Wildman–Crippen LogP) is 5.26. The standard InChI is InChI=1S/C26H27ClN6O/c1-3-33(4-2)14-12-21(34)30-26-25(28)31-23(17-9-6-5-7-10-17)24(32-26)19-15-18-11-8-13-29-22(18)20(27)16-19/h5-11,13,15-16H,3-4,12,14H2,1-2H3,(H2,28,31)(H,30,32,34). The first kappa shape index (κ1) is 23.6. The summed E-state index contributed by atoms with van der Waals surface area (Å²) in [5.41, 5.74) is 9.76. The number of aromatic nitrogens is 3. The van der Waals surface area contributed by atoms with Gasteiger partial charge in [-0.2, -0.15) is 0 Å². The van der Waals surface area contributed by atoms with Crippen LogP contribution in [0.3, 0.4) is 0 Å². The van der Waals surface area contributed by atoms with Crippen LogP contribution in [0.15, 0.2) is 60.8 Å².